The molecule has 1 saturated carbocycles. The van der Waals surface area contributed by atoms with Crippen LogP contribution in [0, 0.1) is 17.0 Å². The van der Waals surface area contributed by atoms with Crippen molar-refractivity contribution < 1.29 is 19.0 Å². The second-order valence-electron chi connectivity index (χ2n) is 10.3. The van der Waals surface area contributed by atoms with Gasteiger partial charge in [-0.1, -0.05) is 25.1 Å². The van der Waals surface area contributed by atoms with Gasteiger partial charge >= 0.3 is 0 Å². The highest BCUT2D eigenvalue weighted by Gasteiger charge is 2.65. The molecule has 3 aromatic heterocycles. The molecule has 6 rings (SSSR count). The van der Waals surface area contributed by atoms with Crippen molar-refractivity contribution >= 4 is 0 Å². The largest absolute Gasteiger partial charge is 0.394 e. The van der Waals surface area contributed by atoms with E-state index >= 15 is 0 Å². The highest BCUT2D eigenvalue weighted by Crippen LogP contribution is 2.69. The molecule has 1 aromatic carbocycles. The maximum atomic E-state index is 14.5. The molecule has 0 spiro atoms. The third-order valence-electron chi connectivity index (χ3n) is 8.07. The Morgan fingerprint density at radius 1 is 1.11 bits per heavy atom. The molecule has 3 atom stereocenters. The van der Waals surface area contributed by atoms with E-state index in [1.54, 1.807) is 18.5 Å². The van der Waals surface area contributed by atoms with Gasteiger partial charge in [-0.2, -0.15) is 5.10 Å². The fourth-order valence-corrected chi connectivity index (χ4v) is 6.24. The van der Waals surface area contributed by atoms with Gasteiger partial charge in [0, 0.05) is 6.20 Å². The van der Waals surface area contributed by atoms with E-state index in [2.05, 4.69) is 39.3 Å². The van der Waals surface area contributed by atoms with Crippen molar-refractivity contribution in [2.75, 3.05) is 6.61 Å². The molecule has 11 heteroatoms. The summed E-state index contributed by atoms with van der Waals surface area (Å²) in [7, 11) is 0. The van der Waals surface area contributed by atoms with E-state index < -0.39 is 23.2 Å². The minimum atomic E-state index is -0.951. The van der Waals surface area contributed by atoms with Crippen LogP contribution < -0.4 is 0 Å². The Balaban J connectivity index is 1.43. The van der Waals surface area contributed by atoms with Crippen molar-refractivity contribution in [2.45, 2.75) is 50.7 Å². The third kappa shape index (κ3) is 3.41. The van der Waals surface area contributed by atoms with Crippen LogP contribution in [0.25, 0.3) is 22.8 Å². The lowest BCUT2D eigenvalue weighted by molar-refractivity contribution is 0.0778. The molecule has 9 nitrogen and oxygen atoms in total. The Morgan fingerprint density at radius 3 is 2.65 bits per heavy atom. The standard InChI is InChI=1S/C26H25F2N7O2/c1-25(2)16-6-8-26(25,23-15(16)10-19(31-33-23)22-17(27)4-3-5-18(22)28)21-7-9-29-24(30-21)20-12-35(34-32-20)11-14(37)13-36/h3-5,7,9-10,12,14,16,36-37H,6,8,11,13H2,1-2H3/t14-,16-,26-/m0/s1. The van der Waals surface area contributed by atoms with E-state index in [1.807, 2.05) is 6.07 Å². The monoisotopic (exact) mass is 505 g/mol. The van der Waals surface area contributed by atoms with Crippen LogP contribution in [-0.4, -0.2) is 58.1 Å². The fraction of sp³-hybridized carbons (Fsp3) is 0.385. The zero-order chi connectivity index (χ0) is 25.9. The first-order valence-corrected chi connectivity index (χ1v) is 12.1. The predicted molar refractivity (Wildman–Crippen MR) is 128 cm³/mol. The summed E-state index contributed by atoms with van der Waals surface area (Å²) in [6.45, 7) is 4.05. The van der Waals surface area contributed by atoms with E-state index in [-0.39, 0.29) is 35.7 Å². The number of aliphatic hydroxyl groups excluding tert-OH is 2. The minimum Gasteiger partial charge on any atom is -0.394 e. The van der Waals surface area contributed by atoms with Crippen molar-refractivity contribution in [2.24, 2.45) is 5.41 Å². The molecule has 2 aliphatic rings. The van der Waals surface area contributed by atoms with Crippen LogP contribution in [0.4, 0.5) is 8.78 Å². The Labute approximate surface area is 211 Å². The minimum absolute atomic E-state index is 0.0930. The summed E-state index contributed by atoms with van der Waals surface area (Å²) in [6.07, 6.45) is 4.01. The highest BCUT2D eigenvalue weighted by atomic mass is 19.1. The molecule has 0 radical (unpaired) electrons. The van der Waals surface area contributed by atoms with Crippen molar-refractivity contribution in [1.82, 2.24) is 35.2 Å². The molecule has 0 aliphatic heterocycles. The molecule has 0 unspecified atom stereocenters. The first kappa shape index (κ1) is 23.7. The van der Waals surface area contributed by atoms with E-state index in [4.69, 9.17) is 10.1 Å². The van der Waals surface area contributed by atoms with Crippen LogP contribution in [0.15, 0.2) is 42.7 Å². The number of hydrogen-bond acceptors (Lipinski definition) is 8. The predicted octanol–water partition coefficient (Wildman–Crippen LogP) is 3.03. The van der Waals surface area contributed by atoms with Gasteiger partial charge in [-0.15, -0.1) is 10.2 Å². The van der Waals surface area contributed by atoms with Crippen molar-refractivity contribution in [1.29, 1.82) is 0 Å². The Kier molecular flexibility index (Phi) is 5.39. The molecule has 4 aromatic rings. The number of nitrogens with zero attached hydrogens (tertiary/aromatic N) is 7. The molecule has 2 N–H and O–H groups in total. The van der Waals surface area contributed by atoms with E-state index in [9.17, 15) is 13.9 Å². The zero-order valence-electron chi connectivity index (χ0n) is 20.3. The van der Waals surface area contributed by atoms with E-state index in [1.165, 1.54) is 22.9 Å². The Bertz CT molecular complexity index is 1490. The Morgan fingerprint density at radius 2 is 1.89 bits per heavy atom. The lowest BCUT2D eigenvalue weighted by Gasteiger charge is -2.37. The van der Waals surface area contributed by atoms with Gasteiger partial charge in [0.05, 0.1) is 53.5 Å². The summed E-state index contributed by atoms with van der Waals surface area (Å²) < 4.78 is 30.4. The Hall–Kier alpha value is -3.70. The van der Waals surface area contributed by atoms with Gasteiger partial charge in [0.25, 0.3) is 0 Å². The molecule has 3 heterocycles. The number of aromatic nitrogens is 7. The van der Waals surface area contributed by atoms with E-state index in [0.29, 0.717) is 11.5 Å². The fourth-order valence-electron chi connectivity index (χ4n) is 6.24. The van der Waals surface area contributed by atoms with Crippen LogP contribution >= 0.6 is 0 Å². The smallest absolute Gasteiger partial charge is 0.181 e. The normalized spacial score (nSPS) is 22.3. The van der Waals surface area contributed by atoms with Crippen molar-refractivity contribution in [3.63, 3.8) is 0 Å². The molecule has 37 heavy (non-hydrogen) atoms. The summed E-state index contributed by atoms with van der Waals surface area (Å²) in [6, 6.07) is 7.41. The number of rotatable bonds is 6. The van der Waals surface area contributed by atoms with Crippen LogP contribution in [0.5, 0.6) is 0 Å². The second kappa shape index (κ2) is 8.42. The maximum absolute atomic E-state index is 14.5. The van der Waals surface area contributed by atoms with E-state index in [0.717, 1.165) is 29.8 Å². The quantitative estimate of drug-likeness (QED) is 0.410. The third-order valence-corrected chi connectivity index (χ3v) is 8.07. The first-order chi connectivity index (χ1) is 17.8. The number of aliphatic hydroxyl groups is 2. The van der Waals surface area contributed by atoms with Gasteiger partial charge in [-0.05, 0) is 54.0 Å². The highest BCUT2D eigenvalue weighted by molar-refractivity contribution is 5.64. The van der Waals surface area contributed by atoms with Crippen molar-refractivity contribution in [3.8, 4) is 22.8 Å². The van der Waals surface area contributed by atoms with Gasteiger partial charge in [-0.3, -0.25) is 0 Å². The lowest BCUT2D eigenvalue weighted by atomic mass is 9.66. The number of benzene rings is 1. The molecule has 0 amide bonds. The first-order valence-electron chi connectivity index (χ1n) is 12.1. The van der Waals surface area contributed by atoms with Gasteiger partial charge < -0.3 is 10.2 Å². The van der Waals surface area contributed by atoms with Crippen LogP contribution in [0.3, 0.4) is 0 Å². The number of halogens is 2. The average Bonchev–Trinajstić information content (AvgIpc) is 3.51. The van der Waals surface area contributed by atoms with Gasteiger partial charge in [0.15, 0.2) is 5.82 Å². The molecule has 2 bridgehead atoms. The van der Waals surface area contributed by atoms with Crippen LogP contribution in [0.2, 0.25) is 0 Å². The SMILES string of the molecule is CC1(C)[C@H]2CC[C@]1(c1ccnc(-c3cn(C[C@H](O)CO)nn3)n1)c1nnc(-c3c(F)cccc3F)cc12. The average molecular weight is 506 g/mol. The number of fused-ring (bicyclic) bond motifs is 5. The topological polar surface area (TPSA) is 123 Å². The lowest BCUT2D eigenvalue weighted by Crippen LogP contribution is -2.38. The summed E-state index contributed by atoms with van der Waals surface area (Å²) >= 11 is 0. The molecular weight excluding hydrogens is 480 g/mol. The number of hydrogen-bond donors (Lipinski definition) is 2. The summed E-state index contributed by atoms with van der Waals surface area (Å²) in [5, 5.41) is 35.8. The summed E-state index contributed by atoms with van der Waals surface area (Å²) in [5.74, 6) is -0.856. The second-order valence-corrected chi connectivity index (χ2v) is 10.3. The zero-order valence-corrected chi connectivity index (χ0v) is 20.3. The summed E-state index contributed by atoms with van der Waals surface area (Å²) in [5.41, 5.74) is 2.07. The van der Waals surface area contributed by atoms with Crippen LogP contribution in [0.1, 0.15) is 49.6 Å². The van der Waals surface area contributed by atoms with Gasteiger partial charge in [0.1, 0.15) is 17.3 Å². The molecule has 190 valence electrons. The van der Waals surface area contributed by atoms with Gasteiger partial charge in [0.2, 0.25) is 0 Å². The van der Waals surface area contributed by atoms with Gasteiger partial charge in [-0.25, -0.2) is 23.4 Å². The molecule has 2 aliphatic carbocycles. The molecule has 1 fully saturated rings. The van der Waals surface area contributed by atoms with Crippen molar-refractivity contribution in [3.05, 3.63) is 71.3 Å². The molecular formula is C26H25F2N7O2. The van der Waals surface area contributed by atoms with Crippen LogP contribution in [-0.2, 0) is 12.0 Å². The maximum Gasteiger partial charge on any atom is 0.181 e. The summed E-state index contributed by atoms with van der Waals surface area (Å²) in [4.78, 5) is 9.28. The molecule has 0 saturated heterocycles.